The monoisotopic (exact) mass is 384 g/mol. The van der Waals surface area contributed by atoms with E-state index in [2.05, 4.69) is 26.8 Å². The van der Waals surface area contributed by atoms with Gasteiger partial charge in [0.05, 0.1) is 18.1 Å². The number of hydrogen-bond donors (Lipinski definition) is 1. The number of carboxylic acids is 1. The summed E-state index contributed by atoms with van der Waals surface area (Å²) >= 11 is 0. The van der Waals surface area contributed by atoms with Crippen molar-refractivity contribution in [3.05, 3.63) is 59.8 Å². The number of aliphatic carboxylic acids is 1. The molecule has 142 valence electrons. The van der Waals surface area contributed by atoms with Crippen LogP contribution in [0.25, 0.3) is 33.7 Å². The van der Waals surface area contributed by atoms with Crippen LogP contribution in [0, 0.1) is 11.3 Å². The van der Waals surface area contributed by atoms with Crippen LogP contribution in [0.1, 0.15) is 30.0 Å². The number of benzene rings is 2. The quantitative estimate of drug-likeness (QED) is 0.565. The van der Waals surface area contributed by atoms with Crippen molar-refractivity contribution >= 4 is 16.9 Å². The summed E-state index contributed by atoms with van der Waals surface area (Å²) in [6.45, 7) is 0.831. The van der Waals surface area contributed by atoms with Crippen LogP contribution >= 0.6 is 0 Å². The Morgan fingerprint density at radius 1 is 1.24 bits per heavy atom. The molecule has 1 aliphatic heterocycles. The van der Waals surface area contributed by atoms with Crippen molar-refractivity contribution in [2.75, 3.05) is 0 Å². The zero-order valence-corrected chi connectivity index (χ0v) is 15.4. The highest BCUT2D eigenvalue weighted by Crippen LogP contribution is 2.37. The largest absolute Gasteiger partial charge is 0.481 e. The fourth-order valence-corrected chi connectivity index (χ4v) is 4.05. The Bertz CT molecular complexity index is 1300. The van der Waals surface area contributed by atoms with Gasteiger partial charge >= 0.3 is 5.97 Å². The second-order valence-corrected chi connectivity index (χ2v) is 7.19. The fraction of sp³-hybridized carbons (Fsp3) is 0.182. The molecule has 7 nitrogen and oxygen atoms in total. The van der Waals surface area contributed by atoms with Crippen molar-refractivity contribution in [1.29, 1.82) is 5.26 Å². The van der Waals surface area contributed by atoms with Crippen LogP contribution in [0.15, 0.2) is 53.1 Å². The van der Waals surface area contributed by atoms with Gasteiger partial charge in [-0.15, -0.1) is 0 Å². The van der Waals surface area contributed by atoms with Crippen LogP contribution < -0.4 is 0 Å². The Morgan fingerprint density at radius 3 is 2.97 bits per heavy atom. The van der Waals surface area contributed by atoms with Crippen molar-refractivity contribution in [3.8, 4) is 28.9 Å². The molecule has 2 aromatic heterocycles. The second-order valence-electron chi connectivity index (χ2n) is 7.19. The lowest BCUT2D eigenvalue weighted by Crippen LogP contribution is -2.02. The van der Waals surface area contributed by atoms with E-state index >= 15 is 0 Å². The smallest absolute Gasteiger partial charge is 0.304 e. The highest BCUT2D eigenvalue weighted by atomic mass is 16.5. The number of fused-ring (bicyclic) bond motifs is 3. The van der Waals surface area contributed by atoms with E-state index in [1.165, 1.54) is 0 Å². The summed E-state index contributed by atoms with van der Waals surface area (Å²) in [6.07, 6.45) is 1.01. The minimum Gasteiger partial charge on any atom is -0.481 e. The summed E-state index contributed by atoms with van der Waals surface area (Å²) in [5.74, 6) is 0.109. The number of carbonyl (C=O) groups is 1. The van der Waals surface area contributed by atoms with Gasteiger partial charge in [-0.1, -0.05) is 11.2 Å². The van der Waals surface area contributed by atoms with Crippen molar-refractivity contribution in [2.24, 2.45) is 0 Å². The molecular formula is C22H16N4O3. The Morgan fingerprint density at radius 2 is 2.14 bits per heavy atom. The molecule has 29 heavy (non-hydrogen) atoms. The summed E-state index contributed by atoms with van der Waals surface area (Å²) in [5.41, 5.74) is 4.21. The average molecular weight is 384 g/mol. The van der Waals surface area contributed by atoms with E-state index in [1.54, 1.807) is 18.2 Å². The molecule has 2 aromatic carbocycles. The van der Waals surface area contributed by atoms with Gasteiger partial charge in [0, 0.05) is 40.2 Å². The van der Waals surface area contributed by atoms with Gasteiger partial charge in [0.25, 0.3) is 5.89 Å². The van der Waals surface area contributed by atoms with Crippen LogP contribution in [0.3, 0.4) is 0 Å². The summed E-state index contributed by atoms with van der Waals surface area (Å²) in [7, 11) is 0. The minimum atomic E-state index is -0.769. The molecule has 5 rings (SSSR count). The summed E-state index contributed by atoms with van der Waals surface area (Å²) in [5, 5.41) is 23.3. The van der Waals surface area contributed by atoms with E-state index in [4.69, 9.17) is 14.9 Å². The molecular weight excluding hydrogens is 368 g/mol. The molecule has 0 saturated carbocycles. The maximum Gasteiger partial charge on any atom is 0.304 e. The predicted molar refractivity (Wildman–Crippen MR) is 105 cm³/mol. The fourth-order valence-electron chi connectivity index (χ4n) is 4.05. The number of nitriles is 1. The van der Waals surface area contributed by atoms with E-state index in [1.807, 2.05) is 24.3 Å². The van der Waals surface area contributed by atoms with Gasteiger partial charge < -0.3 is 14.2 Å². The Balaban J connectivity index is 1.50. The standard InChI is InChI=1S/C22H16N4O3/c23-12-13-2-1-3-16(8-13)22-24-21(25-29-22)15-4-5-18-17(9-15)10-19-14(11-20(27)28)6-7-26(18)19/h1-5,8-10,14H,6-7,11H2,(H,27,28)/t14-/m0/s1. The minimum absolute atomic E-state index is 0.0486. The molecule has 1 N–H and O–H groups in total. The first-order chi connectivity index (χ1) is 14.1. The van der Waals surface area contributed by atoms with E-state index in [-0.39, 0.29) is 12.3 Å². The molecule has 0 amide bonds. The van der Waals surface area contributed by atoms with Crippen molar-refractivity contribution in [3.63, 3.8) is 0 Å². The van der Waals surface area contributed by atoms with Crippen LogP contribution in [0.2, 0.25) is 0 Å². The van der Waals surface area contributed by atoms with Crippen molar-refractivity contribution in [1.82, 2.24) is 14.7 Å². The van der Waals surface area contributed by atoms with Crippen molar-refractivity contribution in [2.45, 2.75) is 25.3 Å². The molecule has 7 heteroatoms. The zero-order valence-electron chi connectivity index (χ0n) is 15.4. The molecule has 0 saturated heterocycles. The molecule has 0 aliphatic carbocycles. The molecule has 0 radical (unpaired) electrons. The Kier molecular flexibility index (Phi) is 3.91. The number of nitrogens with zero attached hydrogens (tertiary/aromatic N) is 4. The number of rotatable bonds is 4. The maximum atomic E-state index is 11.1. The van der Waals surface area contributed by atoms with Gasteiger partial charge in [-0.2, -0.15) is 10.2 Å². The van der Waals surface area contributed by atoms with Gasteiger partial charge in [0.1, 0.15) is 0 Å². The van der Waals surface area contributed by atoms with Crippen LogP contribution in [-0.4, -0.2) is 25.8 Å². The molecule has 1 aliphatic rings. The van der Waals surface area contributed by atoms with Gasteiger partial charge in [-0.3, -0.25) is 4.79 Å². The van der Waals surface area contributed by atoms with E-state index in [9.17, 15) is 4.79 Å². The van der Waals surface area contributed by atoms with E-state index in [0.29, 0.717) is 22.8 Å². The van der Waals surface area contributed by atoms with Gasteiger partial charge in [-0.25, -0.2) is 0 Å². The molecule has 4 aromatic rings. The number of carboxylic acid groups (broad SMARTS) is 1. The van der Waals surface area contributed by atoms with Crippen LogP contribution in [-0.2, 0) is 11.3 Å². The molecule has 0 fully saturated rings. The highest BCUT2D eigenvalue weighted by Gasteiger charge is 2.26. The van der Waals surface area contributed by atoms with Gasteiger partial charge in [0.2, 0.25) is 5.82 Å². The first kappa shape index (κ1) is 17.2. The van der Waals surface area contributed by atoms with E-state index in [0.717, 1.165) is 35.1 Å². The lowest BCUT2D eigenvalue weighted by Gasteiger charge is -2.04. The number of aromatic nitrogens is 3. The average Bonchev–Trinajstić information content (AvgIpc) is 3.43. The zero-order chi connectivity index (χ0) is 20.0. The number of hydrogen-bond acceptors (Lipinski definition) is 5. The van der Waals surface area contributed by atoms with Crippen LogP contribution in [0.5, 0.6) is 0 Å². The van der Waals surface area contributed by atoms with E-state index < -0.39 is 5.97 Å². The number of aryl methyl sites for hydroxylation is 1. The molecule has 0 bridgehead atoms. The summed E-state index contributed by atoms with van der Waals surface area (Å²) in [4.78, 5) is 15.6. The van der Waals surface area contributed by atoms with Gasteiger partial charge in [-0.05, 0) is 48.9 Å². The molecule has 0 unspecified atom stereocenters. The maximum absolute atomic E-state index is 11.1. The third-order valence-electron chi connectivity index (χ3n) is 5.40. The van der Waals surface area contributed by atoms with Gasteiger partial charge in [0.15, 0.2) is 0 Å². The van der Waals surface area contributed by atoms with Crippen molar-refractivity contribution < 1.29 is 14.4 Å². The highest BCUT2D eigenvalue weighted by molar-refractivity contribution is 5.86. The predicted octanol–water partition coefficient (Wildman–Crippen LogP) is 4.19. The topological polar surface area (TPSA) is 105 Å². The molecule has 3 heterocycles. The summed E-state index contributed by atoms with van der Waals surface area (Å²) < 4.78 is 7.59. The van der Waals surface area contributed by atoms with Crippen LogP contribution in [0.4, 0.5) is 0 Å². The summed E-state index contributed by atoms with van der Waals surface area (Å²) in [6, 6.07) is 17.2. The second kappa shape index (κ2) is 6.60. The molecule has 1 atom stereocenters. The third kappa shape index (κ3) is 2.95. The SMILES string of the molecule is N#Cc1cccc(-c2nc(-c3ccc4c(c3)cc3n4CC[C@H]3CC(=O)O)no2)c1. The lowest BCUT2D eigenvalue weighted by molar-refractivity contribution is -0.137. The first-order valence-corrected chi connectivity index (χ1v) is 9.32. The Labute approximate surface area is 165 Å². The first-order valence-electron chi connectivity index (χ1n) is 9.32. The normalized spacial score (nSPS) is 15.3. The molecule has 0 spiro atoms. The Hall–Kier alpha value is -3.92. The lowest BCUT2D eigenvalue weighted by atomic mass is 10.0. The third-order valence-corrected chi connectivity index (χ3v) is 5.40.